The van der Waals surface area contributed by atoms with Gasteiger partial charge in [0.2, 0.25) is 5.91 Å². The molecule has 128 valence electrons. The first kappa shape index (κ1) is 17.5. The molecule has 1 atom stereocenters. The number of likely N-dealkylation sites (tertiary alicyclic amines) is 1. The molecule has 1 unspecified atom stereocenters. The predicted octanol–water partition coefficient (Wildman–Crippen LogP) is 1.75. The summed E-state index contributed by atoms with van der Waals surface area (Å²) in [6.45, 7) is 3.70. The van der Waals surface area contributed by atoms with Gasteiger partial charge >= 0.3 is 6.18 Å². The Morgan fingerprint density at radius 1 is 1.43 bits per heavy atom. The molecule has 0 saturated carbocycles. The average Bonchev–Trinajstić information content (AvgIpc) is 2.95. The molecule has 0 aromatic carbocycles. The largest absolute Gasteiger partial charge is 0.421 e. The molecule has 1 aliphatic rings. The Labute approximate surface area is 131 Å². The summed E-state index contributed by atoms with van der Waals surface area (Å²) in [7, 11) is 0. The van der Waals surface area contributed by atoms with E-state index < -0.39 is 17.3 Å². The second-order valence-electron chi connectivity index (χ2n) is 5.51. The van der Waals surface area contributed by atoms with Crippen molar-refractivity contribution in [1.29, 1.82) is 0 Å². The minimum Gasteiger partial charge on any atom is -0.381 e. The monoisotopic (exact) mass is 332 g/mol. The van der Waals surface area contributed by atoms with Gasteiger partial charge in [-0.05, 0) is 25.5 Å². The summed E-state index contributed by atoms with van der Waals surface area (Å²) < 4.78 is 44.3. The predicted molar refractivity (Wildman–Crippen MR) is 76.9 cm³/mol. The Hall–Kier alpha value is -1.83. The number of carbonyl (C=O) groups is 1. The molecule has 1 saturated heterocycles. The van der Waals surface area contributed by atoms with Crippen LogP contribution in [-0.2, 0) is 22.3 Å². The summed E-state index contributed by atoms with van der Waals surface area (Å²) in [5.41, 5.74) is -2.46. The van der Waals surface area contributed by atoms with Crippen LogP contribution < -0.4 is 5.56 Å². The fraction of sp³-hybridized carbons (Fsp3) is 0.600. The second-order valence-corrected chi connectivity index (χ2v) is 5.51. The standard InChI is InChI=1S/C15H19F3N2O3/c1-2-23-10-11-5-7-19(8-11)13(21)9-20-6-3-4-12(14(20)22)15(16,17)18/h3-4,6,11H,2,5,7-10H2,1H3. The van der Waals surface area contributed by atoms with Crippen LogP contribution in [0.4, 0.5) is 13.2 Å². The summed E-state index contributed by atoms with van der Waals surface area (Å²) in [6.07, 6.45) is -2.73. The molecule has 0 spiro atoms. The normalized spacial score (nSPS) is 18.4. The van der Waals surface area contributed by atoms with Crippen molar-refractivity contribution in [1.82, 2.24) is 9.47 Å². The lowest BCUT2D eigenvalue weighted by atomic mass is 10.1. The summed E-state index contributed by atoms with van der Waals surface area (Å²) in [6, 6.07) is 1.84. The third-order valence-electron chi connectivity index (χ3n) is 3.83. The minimum absolute atomic E-state index is 0.233. The summed E-state index contributed by atoms with van der Waals surface area (Å²) in [4.78, 5) is 25.6. The summed E-state index contributed by atoms with van der Waals surface area (Å²) in [5.74, 6) is -0.123. The molecular weight excluding hydrogens is 313 g/mol. The Morgan fingerprint density at radius 3 is 2.83 bits per heavy atom. The number of halogens is 3. The van der Waals surface area contributed by atoms with Crippen molar-refractivity contribution in [3.63, 3.8) is 0 Å². The molecule has 5 nitrogen and oxygen atoms in total. The van der Waals surface area contributed by atoms with Gasteiger partial charge in [0.15, 0.2) is 0 Å². The van der Waals surface area contributed by atoms with Crippen molar-refractivity contribution in [3.05, 3.63) is 34.2 Å². The lowest BCUT2D eigenvalue weighted by Crippen LogP contribution is -2.37. The molecule has 1 aromatic heterocycles. The highest BCUT2D eigenvalue weighted by Gasteiger charge is 2.34. The number of pyridine rings is 1. The molecule has 2 heterocycles. The van der Waals surface area contributed by atoms with E-state index in [1.54, 1.807) is 4.90 Å². The molecule has 2 rings (SSSR count). The third kappa shape index (κ3) is 4.34. The lowest BCUT2D eigenvalue weighted by Gasteiger charge is -2.18. The Morgan fingerprint density at radius 2 is 2.17 bits per heavy atom. The number of hydrogen-bond acceptors (Lipinski definition) is 3. The SMILES string of the molecule is CCOCC1CCN(C(=O)Cn2cccc(C(F)(F)F)c2=O)C1. The van der Waals surface area contributed by atoms with Crippen molar-refractivity contribution >= 4 is 5.91 Å². The zero-order valence-electron chi connectivity index (χ0n) is 12.8. The fourth-order valence-corrected chi connectivity index (χ4v) is 2.60. The van der Waals surface area contributed by atoms with E-state index in [1.807, 2.05) is 6.92 Å². The number of carbonyl (C=O) groups excluding carboxylic acids is 1. The Bertz CT molecular complexity index is 613. The number of rotatable bonds is 5. The first-order valence-electron chi connectivity index (χ1n) is 7.45. The van der Waals surface area contributed by atoms with Gasteiger partial charge in [0.1, 0.15) is 12.1 Å². The molecule has 0 N–H and O–H groups in total. The van der Waals surface area contributed by atoms with Gasteiger partial charge in [-0.2, -0.15) is 13.2 Å². The highest BCUT2D eigenvalue weighted by Crippen LogP contribution is 2.26. The van der Waals surface area contributed by atoms with Crippen molar-refractivity contribution in [2.24, 2.45) is 5.92 Å². The quantitative estimate of drug-likeness (QED) is 0.825. The first-order chi connectivity index (χ1) is 10.8. The molecule has 8 heteroatoms. The van der Waals surface area contributed by atoms with Crippen molar-refractivity contribution in [3.8, 4) is 0 Å². The van der Waals surface area contributed by atoms with E-state index in [0.717, 1.165) is 23.1 Å². The number of aromatic nitrogens is 1. The average molecular weight is 332 g/mol. The van der Waals surface area contributed by atoms with Crippen LogP contribution in [0.2, 0.25) is 0 Å². The summed E-state index contributed by atoms with van der Waals surface area (Å²) >= 11 is 0. The molecule has 1 amide bonds. The molecule has 0 radical (unpaired) electrons. The van der Waals surface area contributed by atoms with E-state index in [9.17, 15) is 22.8 Å². The minimum atomic E-state index is -4.72. The first-order valence-corrected chi connectivity index (χ1v) is 7.45. The van der Waals surface area contributed by atoms with Gasteiger partial charge in [-0.25, -0.2) is 0 Å². The molecule has 23 heavy (non-hydrogen) atoms. The highest BCUT2D eigenvalue weighted by atomic mass is 19.4. The maximum absolute atomic E-state index is 12.7. The topological polar surface area (TPSA) is 51.5 Å². The number of alkyl halides is 3. The van der Waals surface area contributed by atoms with Crippen LogP contribution in [0.25, 0.3) is 0 Å². The molecule has 1 fully saturated rings. The van der Waals surface area contributed by atoms with Crippen LogP contribution in [0.1, 0.15) is 18.9 Å². The second kappa shape index (κ2) is 7.16. The number of nitrogens with zero attached hydrogens (tertiary/aromatic N) is 2. The van der Waals surface area contributed by atoms with Crippen LogP contribution in [0.15, 0.2) is 23.1 Å². The van der Waals surface area contributed by atoms with E-state index in [2.05, 4.69) is 0 Å². The highest BCUT2D eigenvalue weighted by molar-refractivity contribution is 5.76. The van der Waals surface area contributed by atoms with Gasteiger partial charge in [-0.1, -0.05) is 0 Å². The van der Waals surface area contributed by atoms with Crippen LogP contribution in [-0.4, -0.2) is 41.7 Å². The lowest BCUT2D eigenvalue weighted by molar-refractivity contribution is -0.139. The van der Waals surface area contributed by atoms with Gasteiger partial charge < -0.3 is 14.2 Å². The van der Waals surface area contributed by atoms with E-state index in [1.165, 1.54) is 6.20 Å². The Kier molecular flexibility index (Phi) is 5.46. The van der Waals surface area contributed by atoms with E-state index in [0.29, 0.717) is 26.3 Å². The van der Waals surface area contributed by atoms with Crippen LogP contribution in [0, 0.1) is 5.92 Å². The number of hydrogen-bond donors (Lipinski definition) is 0. The van der Waals surface area contributed by atoms with Crippen LogP contribution in [0.5, 0.6) is 0 Å². The van der Waals surface area contributed by atoms with Gasteiger partial charge in [-0.3, -0.25) is 9.59 Å². The van der Waals surface area contributed by atoms with E-state index >= 15 is 0 Å². The van der Waals surface area contributed by atoms with Crippen LogP contribution in [0.3, 0.4) is 0 Å². The molecule has 0 aliphatic carbocycles. The van der Waals surface area contributed by atoms with E-state index in [-0.39, 0.29) is 18.4 Å². The van der Waals surface area contributed by atoms with Crippen molar-refractivity contribution in [2.75, 3.05) is 26.3 Å². The maximum Gasteiger partial charge on any atom is 0.421 e. The van der Waals surface area contributed by atoms with Gasteiger partial charge in [0, 0.05) is 31.8 Å². The van der Waals surface area contributed by atoms with E-state index in [4.69, 9.17) is 4.74 Å². The molecule has 0 bridgehead atoms. The smallest absolute Gasteiger partial charge is 0.381 e. The zero-order valence-corrected chi connectivity index (χ0v) is 12.8. The molecule has 1 aromatic rings. The van der Waals surface area contributed by atoms with Gasteiger partial charge in [-0.15, -0.1) is 0 Å². The van der Waals surface area contributed by atoms with Gasteiger partial charge in [0.25, 0.3) is 5.56 Å². The number of amides is 1. The van der Waals surface area contributed by atoms with Crippen molar-refractivity contribution in [2.45, 2.75) is 26.1 Å². The van der Waals surface area contributed by atoms with Gasteiger partial charge in [0.05, 0.1) is 6.61 Å². The van der Waals surface area contributed by atoms with Crippen molar-refractivity contribution < 1.29 is 22.7 Å². The third-order valence-corrected chi connectivity index (χ3v) is 3.83. The Balaban J connectivity index is 2.03. The van der Waals surface area contributed by atoms with Crippen LogP contribution >= 0.6 is 0 Å². The fourth-order valence-electron chi connectivity index (χ4n) is 2.60. The summed E-state index contributed by atoms with van der Waals surface area (Å²) in [5, 5.41) is 0. The maximum atomic E-state index is 12.7. The number of ether oxygens (including phenoxy) is 1. The molecule has 1 aliphatic heterocycles. The zero-order chi connectivity index (χ0) is 17.0. The molecular formula is C15H19F3N2O3.